The molecule has 0 aromatic heterocycles. The van der Waals surface area contributed by atoms with Crippen LogP contribution >= 0.6 is 11.6 Å². The van der Waals surface area contributed by atoms with Crippen molar-refractivity contribution in [2.45, 2.75) is 64.6 Å². The zero-order chi connectivity index (χ0) is 15.2. The number of nitrogens with zero attached hydrogens (tertiary/aromatic N) is 1. The molecule has 1 heterocycles. The van der Waals surface area contributed by atoms with Gasteiger partial charge in [0.2, 0.25) is 0 Å². The summed E-state index contributed by atoms with van der Waals surface area (Å²) in [5.41, 5.74) is 1.32. The minimum absolute atomic E-state index is 0.499. The van der Waals surface area contributed by atoms with Crippen LogP contribution < -0.4 is 5.32 Å². The van der Waals surface area contributed by atoms with E-state index in [0.29, 0.717) is 18.1 Å². The average molecular weight is 309 g/mol. The Labute approximate surface area is 134 Å². The Balaban J connectivity index is 1.81. The average Bonchev–Trinajstić information content (AvgIpc) is 2.64. The van der Waals surface area contributed by atoms with E-state index in [2.05, 4.69) is 43.1 Å². The molecule has 0 amide bonds. The summed E-state index contributed by atoms with van der Waals surface area (Å²) in [6, 6.07) is 10.0. The summed E-state index contributed by atoms with van der Waals surface area (Å²) in [5, 5.41) is 4.65. The molecule has 2 nitrogen and oxygen atoms in total. The van der Waals surface area contributed by atoms with E-state index in [1.54, 1.807) is 0 Å². The highest BCUT2D eigenvalue weighted by atomic mass is 35.5. The Hall–Kier alpha value is -0.570. The van der Waals surface area contributed by atoms with Crippen LogP contribution in [0.4, 0.5) is 0 Å². The van der Waals surface area contributed by atoms with Crippen LogP contribution in [0.1, 0.15) is 45.6 Å². The molecule has 1 aromatic carbocycles. The minimum atomic E-state index is 0.499. The molecule has 0 radical (unpaired) electrons. The Morgan fingerprint density at radius 1 is 1.24 bits per heavy atom. The van der Waals surface area contributed by atoms with Crippen LogP contribution in [-0.2, 0) is 6.42 Å². The number of likely N-dealkylation sites (tertiary alicyclic amines) is 1. The first-order chi connectivity index (χ1) is 10.0. The third-order valence-electron chi connectivity index (χ3n) is 4.44. The zero-order valence-electron chi connectivity index (χ0n) is 13.6. The van der Waals surface area contributed by atoms with Crippen LogP contribution in [0.15, 0.2) is 24.3 Å². The second-order valence-electron chi connectivity index (χ2n) is 6.66. The van der Waals surface area contributed by atoms with Crippen LogP contribution in [0, 0.1) is 0 Å². The fourth-order valence-electron chi connectivity index (χ4n) is 3.28. The number of benzene rings is 1. The molecule has 1 N–H and O–H groups in total. The lowest BCUT2D eigenvalue weighted by atomic mass is 10.0. The maximum Gasteiger partial charge on any atom is 0.0408 e. The number of hydrogen-bond donors (Lipinski definition) is 1. The summed E-state index contributed by atoms with van der Waals surface area (Å²) >= 11 is 6.06. The maximum absolute atomic E-state index is 6.06. The highest BCUT2D eigenvalue weighted by Crippen LogP contribution is 2.16. The Morgan fingerprint density at radius 3 is 2.76 bits per heavy atom. The molecule has 1 aliphatic rings. The van der Waals surface area contributed by atoms with E-state index in [0.717, 1.165) is 11.4 Å². The largest absolute Gasteiger partial charge is 0.311 e. The molecular weight excluding hydrogens is 280 g/mol. The molecule has 3 heteroatoms. The minimum Gasteiger partial charge on any atom is -0.311 e. The molecule has 0 saturated carbocycles. The lowest BCUT2D eigenvalue weighted by molar-refractivity contribution is 0.228. The molecule has 21 heavy (non-hydrogen) atoms. The summed E-state index contributed by atoms with van der Waals surface area (Å²) in [6.07, 6.45) is 4.91. The number of hydrogen-bond acceptors (Lipinski definition) is 2. The first-order valence-electron chi connectivity index (χ1n) is 8.29. The fraction of sp³-hybridized carbons (Fsp3) is 0.667. The van der Waals surface area contributed by atoms with E-state index >= 15 is 0 Å². The highest BCUT2D eigenvalue weighted by molar-refractivity contribution is 6.30. The molecule has 1 aliphatic heterocycles. The van der Waals surface area contributed by atoms with Crippen LogP contribution in [0.5, 0.6) is 0 Å². The van der Waals surface area contributed by atoms with E-state index in [-0.39, 0.29) is 0 Å². The third-order valence-corrected chi connectivity index (χ3v) is 4.68. The monoisotopic (exact) mass is 308 g/mol. The van der Waals surface area contributed by atoms with Gasteiger partial charge in [-0.1, -0.05) is 23.7 Å². The van der Waals surface area contributed by atoms with Gasteiger partial charge >= 0.3 is 0 Å². The third kappa shape index (κ3) is 5.61. The van der Waals surface area contributed by atoms with Gasteiger partial charge in [0.1, 0.15) is 0 Å². The molecule has 0 aliphatic carbocycles. The lowest BCUT2D eigenvalue weighted by Crippen LogP contribution is -2.39. The Kier molecular flexibility index (Phi) is 6.53. The highest BCUT2D eigenvalue weighted by Gasteiger charge is 2.19. The van der Waals surface area contributed by atoms with E-state index in [4.69, 9.17) is 11.6 Å². The van der Waals surface area contributed by atoms with Crippen molar-refractivity contribution >= 4 is 11.6 Å². The standard InChI is InChI=1S/C18H29ClN2/c1-14(2)21-10-5-8-18(9-11-21)20-15(3)12-16-6-4-7-17(19)13-16/h4,6-7,13-15,18,20H,5,8-12H2,1-3H3. The lowest BCUT2D eigenvalue weighted by Gasteiger charge is -2.25. The zero-order valence-corrected chi connectivity index (χ0v) is 14.4. The SMILES string of the molecule is CC(Cc1cccc(Cl)c1)NC1CCCN(C(C)C)CC1. The summed E-state index contributed by atoms with van der Waals surface area (Å²) in [6.45, 7) is 9.36. The van der Waals surface area contributed by atoms with Crippen LogP contribution in [0.2, 0.25) is 5.02 Å². The van der Waals surface area contributed by atoms with Crippen molar-refractivity contribution in [3.63, 3.8) is 0 Å². The second kappa shape index (κ2) is 8.17. The maximum atomic E-state index is 6.06. The van der Waals surface area contributed by atoms with Crippen LogP contribution in [0.3, 0.4) is 0 Å². The van der Waals surface area contributed by atoms with Gasteiger partial charge < -0.3 is 10.2 Å². The summed E-state index contributed by atoms with van der Waals surface area (Å²) < 4.78 is 0. The van der Waals surface area contributed by atoms with Crippen molar-refractivity contribution in [1.82, 2.24) is 10.2 Å². The van der Waals surface area contributed by atoms with Gasteiger partial charge in [0.05, 0.1) is 0 Å². The molecule has 2 atom stereocenters. The Morgan fingerprint density at radius 2 is 2.05 bits per heavy atom. The molecule has 2 rings (SSSR count). The molecule has 118 valence electrons. The van der Waals surface area contributed by atoms with Crippen molar-refractivity contribution in [2.75, 3.05) is 13.1 Å². The van der Waals surface area contributed by atoms with Crippen molar-refractivity contribution in [3.8, 4) is 0 Å². The quantitative estimate of drug-likeness (QED) is 0.880. The van der Waals surface area contributed by atoms with Gasteiger partial charge in [0.15, 0.2) is 0 Å². The molecule has 0 spiro atoms. The van der Waals surface area contributed by atoms with Gasteiger partial charge in [0.25, 0.3) is 0 Å². The first kappa shape index (κ1) is 16.8. The summed E-state index contributed by atoms with van der Waals surface area (Å²) in [7, 11) is 0. The predicted molar refractivity (Wildman–Crippen MR) is 92.1 cm³/mol. The van der Waals surface area contributed by atoms with Gasteiger partial charge in [-0.2, -0.15) is 0 Å². The van der Waals surface area contributed by atoms with E-state index < -0.39 is 0 Å². The van der Waals surface area contributed by atoms with Gasteiger partial charge in [-0.05, 0) is 77.2 Å². The summed E-state index contributed by atoms with van der Waals surface area (Å²) in [5.74, 6) is 0. The van der Waals surface area contributed by atoms with Crippen molar-refractivity contribution in [3.05, 3.63) is 34.9 Å². The topological polar surface area (TPSA) is 15.3 Å². The molecule has 0 bridgehead atoms. The first-order valence-corrected chi connectivity index (χ1v) is 8.67. The smallest absolute Gasteiger partial charge is 0.0408 e. The van der Waals surface area contributed by atoms with Crippen molar-refractivity contribution in [1.29, 1.82) is 0 Å². The predicted octanol–water partition coefficient (Wildman–Crippen LogP) is 4.12. The van der Waals surface area contributed by atoms with Crippen LogP contribution in [0.25, 0.3) is 0 Å². The normalized spacial score (nSPS) is 22.2. The van der Waals surface area contributed by atoms with E-state index in [9.17, 15) is 0 Å². The van der Waals surface area contributed by atoms with Gasteiger partial charge in [0, 0.05) is 23.1 Å². The summed E-state index contributed by atoms with van der Waals surface area (Å²) in [4.78, 5) is 2.60. The number of nitrogens with one attached hydrogen (secondary N) is 1. The van der Waals surface area contributed by atoms with E-state index in [1.807, 2.05) is 12.1 Å². The molecule has 1 fully saturated rings. The number of halogens is 1. The van der Waals surface area contributed by atoms with Crippen molar-refractivity contribution < 1.29 is 0 Å². The Bertz CT molecular complexity index is 433. The fourth-order valence-corrected chi connectivity index (χ4v) is 3.49. The second-order valence-corrected chi connectivity index (χ2v) is 7.10. The molecule has 1 saturated heterocycles. The molecule has 1 aromatic rings. The molecular formula is C18H29ClN2. The van der Waals surface area contributed by atoms with Crippen LogP contribution in [-0.4, -0.2) is 36.1 Å². The van der Waals surface area contributed by atoms with Gasteiger partial charge in [-0.3, -0.25) is 0 Å². The number of rotatable bonds is 5. The van der Waals surface area contributed by atoms with E-state index in [1.165, 1.54) is 37.9 Å². The van der Waals surface area contributed by atoms with Crippen molar-refractivity contribution in [2.24, 2.45) is 0 Å². The van der Waals surface area contributed by atoms with Gasteiger partial charge in [-0.15, -0.1) is 0 Å². The molecule has 2 unspecified atom stereocenters. The van der Waals surface area contributed by atoms with Gasteiger partial charge in [-0.25, -0.2) is 0 Å².